The number of benzene rings is 1. The zero-order valence-electron chi connectivity index (χ0n) is 12.9. The van der Waals surface area contributed by atoms with Gasteiger partial charge in [-0.25, -0.2) is 4.79 Å². The van der Waals surface area contributed by atoms with E-state index in [0.29, 0.717) is 24.5 Å². The minimum absolute atomic E-state index is 0.00957. The molecular formula is C17H17NO5S. The lowest BCUT2D eigenvalue weighted by molar-refractivity contribution is -0.147. The van der Waals surface area contributed by atoms with Gasteiger partial charge < -0.3 is 19.5 Å². The van der Waals surface area contributed by atoms with Gasteiger partial charge in [-0.1, -0.05) is 12.1 Å². The first-order chi connectivity index (χ1) is 11.6. The third-order valence-corrected chi connectivity index (χ3v) is 4.57. The predicted octanol–water partition coefficient (Wildman–Crippen LogP) is 2.25. The van der Waals surface area contributed by atoms with Crippen molar-refractivity contribution >= 4 is 23.2 Å². The lowest BCUT2D eigenvalue weighted by Crippen LogP contribution is -2.52. The minimum Gasteiger partial charge on any atom is -0.488 e. The zero-order valence-corrected chi connectivity index (χ0v) is 13.7. The summed E-state index contributed by atoms with van der Waals surface area (Å²) in [5.74, 6) is -0.810. The maximum Gasteiger partial charge on any atom is 0.328 e. The van der Waals surface area contributed by atoms with Crippen LogP contribution in [-0.2, 0) is 16.1 Å². The number of amides is 1. The highest BCUT2D eigenvalue weighted by Crippen LogP contribution is 2.20. The molecule has 0 saturated carbocycles. The van der Waals surface area contributed by atoms with Crippen LogP contribution in [0.1, 0.15) is 15.2 Å². The molecule has 1 fully saturated rings. The zero-order chi connectivity index (χ0) is 16.9. The van der Waals surface area contributed by atoms with E-state index in [4.69, 9.17) is 9.47 Å². The van der Waals surface area contributed by atoms with Gasteiger partial charge in [0.15, 0.2) is 6.04 Å². The Hall–Kier alpha value is -2.38. The van der Waals surface area contributed by atoms with E-state index in [1.165, 1.54) is 4.90 Å². The van der Waals surface area contributed by atoms with E-state index < -0.39 is 12.0 Å². The molecule has 0 bridgehead atoms. The van der Waals surface area contributed by atoms with Gasteiger partial charge in [-0.3, -0.25) is 4.79 Å². The van der Waals surface area contributed by atoms with Gasteiger partial charge in [-0.2, -0.15) is 0 Å². The Kier molecular flexibility index (Phi) is 5.12. The topological polar surface area (TPSA) is 76.1 Å². The Morgan fingerprint density at radius 2 is 2.21 bits per heavy atom. The standard InChI is InChI=1S/C17H17NO5S/c19-16(18-6-7-22-11-15(18)17(20)21)12-3-1-4-13(9-12)23-10-14-5-2-8-24-14/h1-5,8-9,15H,6-7,10-11H2,(H,20,21)/t15-/m0/s1. The van der Waals surface area contributed by atoms with E-state index in [2.05, 4.69) is 0 Å². The lowest BCUT2D eigenvalue weighted by Gasteiger charge is -2.32. The van der Waals surface area contributed by atoms with Crippen molar-refractivity contribution in [3.63, 3.8) is 0 Å². The van der Waals surface area contributed by atoms with Crippen molar-refractivity contribution in [2.75, 3.05) is 19.8 Å². The summed E-state index contributed by atoms with van der Waals surface area (Å²) in [5.41, 5.74) is 0.409. The van der Waals surface area contributed by atoms with E-state index >= 15 is 0 Å². The number of carbonyl (C=O) groups is 2. The second-order valence-electron chi connectivity index (χ2n) is 5.32. The Labute approximate surface area is 143 Å². The van der Waals surface area contributed by atoms with Gasteiger partial charge in [0.25, 0.3) is 5.91 Å². The largest absolute Gasteiger partial charge is 0.488 e. The van der Waals surface area contributed by atoms with E-state index in [1.807, 2.05) is 17.5 Å². The van der Waals surface area contributed by atoms with Crippen LogP contribution < -0.4 is 4.74 Å². The molecule has 2 aromatic rings. The highest BCUT2D eigenvalue weighted by atomic mass is 32.1. The summed E-state index contributed by atoms with van der Waals surface area (Å²) >= 11 is 1.60. The van der Waals surface area contributed by atoms with E-state index in [-0.39, 0.29) is 19.1 Å². The summed E-state index contributed by atoms with van der Waals surface area (Å²) in [6.45, 7) is 1.04. The number of rotatable bonds is 5. The van der Waals surface area contributed by atoms with Gasteiger partial charge in [-0.15, -0.1) is 11.3 Å². The van der Waals surface area contributed by atoms with Crippen LogP contribution in [0.3, 0.4) is 0 Å². The molecule has 1 saturated heterocycles. The van der Waals surface area contributed by atoms with Gasteiger partial charge in [0.05, 0.1) is 13.2 Å². The molecular weight excluding hydrogens is 330 g/mol. The number of morpholine rings is 1. The summed E-state index contributed by atoms with van der Waals surface area (Å²) in [7, 11) is 0. The predicted molar refractivity (Wildman–Crippen MR) is 88.4 cm³/mol. The molecule has 1 N–H and O–H groups in total. The Morgan fingerprint density at radius 3 is 2.96 bits per heavy atom. The average Bonchev–Trinajstić information content (AvgIpc) is 3.13. The highest BCUT2D eigenvalue weighted by Gasteiger charge is 2.33. The fraction of sp³-hybridized carbons (Fsp3) is 0.294. The smallest absolute Gasteiger partial charge is 0.328 e. The molecule has 2 heterocycles. The number of carbonyl (C=O) groups excluding carboxylic acids is 1. The van der Waals surface area contributed by atoms with Crippen molar-refractivity contribution in [2.24, 2.45) is 0 Å². The summed E-state index contributed by atoms with van der Waals surface area (Å²) in [6, 6.07) is 9.78. The molecule has 0 spiro atoms. The molecule has 1 atom stereocenters. The molecule has 0 unspecified atom stereocenters. The first kappa shape index (κ1) is 16.5. The SMILES string of the molecule is O=C(O)[C@@H]1COCCN1C(=O)c1cccc(OCc2cccs2)c1. The van der Waals surface area contributed by atoms with Crippen LogP contribution in [-0.4, -0.2) is 47.7 Å². The number of aliphatic carboxylic acids is 1. The van der Waals surface area contributed by atoms with Crippen molar-refractivity contribution in [1.29, 1.82) is 0 Å². The van der Waals surface area contributed by atoms with Gasteiger partial charge in [0.2, 0.25) is 0 Å². The molecule has 1 aliphatic rings. The van der Waals surface area contributed by atoms with Crippen molar-refractivity contribution in [2.45, 2.75) is 12.6 Å². The second-order valence-corrected chi connectivity index (χ2v) is 6.36. The molecule has 126 valence electrons. The number of ether oxygens (including phenoxy) is 2. The van der Waals surface area contributed by atoms with Crippen LogP contribution in [0.15, 0.2) is 41.8 Å². The van der Waals surface area contributed by atoms with Crippen LogP contribution >= 0.6 is 11.3 Å². The number of hydrogen-bond donors (Lipinski definition) is 1. The number of carboxylic acid groups (broad SMARTS) is 1. The fourth-order valence-corrected chi connectivity index (χ4v) is 3.10. The lowest BCUT2D eigenvalue weighted by atomic mass is 10.1. The van der Waals surface area contributed by atoms with Gasteiger partial charge in [0.1, 0.15) is 12.4 Å². The van der Waals surface area contributed by atoms with Gasteiger partial charge >= 0.3 is 5.97 Å². The van der Waals surface area contributed by atoms with Crippen molar-refractivity contribution in [3.05, 3.63) is 52.2 Å². The first-order valence-electron chi connectivity index (χ1n) is 7.52. The van der Waals surface area contributed by atoms with E-state index in [1.54, 1.807) is 35.6 Å². The fourth-order valence-electron chi connectivity index (χ4n) is 2.49. The van der Waals surface area contributed by atoms with Crippen molar-refractivity contribution < 1.29 is 24.2 Å². The Morgan fingerprint density at radius 1 is 1.33 bits per heavy atom. The summed E-state index contributed by atoms with van der Waals surface area (Å²) < 4.78 is 10.9. The second kappa shape index (κ2) is 7.46. The Balaban J connectivity index is 1.72. The van der Waals surface area contributed by atoms with E-state index in [9.17, 15) is 14.7 Å². The minimum atomic E-state index is -1.06. The maximum absolute atomic E-state index is 12.7. The first-order valence-corrected chi connectivity index (χ1v) is 8.40. The number of thiophene rings is 1. The molecule has 24 heavy (non-hydrogen) atoms. The number of nitrogens with zero attached hydrogens (tertiary/aromatic N) is 1. The molecule has 1 aliphatic heterocycles. The van der Waals surface area contributed by atoms with Crippen LogP contribution in [0.25, 0.3) is 0 Å². The van der Waals surface area contributed by atoms with Crippen LogP contribution in [0.5, 0.6) is 5.75 Å². The maximum atomic E-state index is 12.7. The average molecular weight is 347 g/mol. The number of hydrogen-bond acceptors (Lipinski definition) is 5. The number of carboxylic acids is 1. The van der Waals surface area contributed by atoms with E-state index in [0.717, 1.165) is 4.88 Å². The monoisotopic (exact) mass is 347 g/mol. The molecule has 3 rings (SSSR count). The molecule has 1 aromatic carbocycles. The summed E-state index contributed by atoms with van der Waals surface area (Å²) in [5, 5.41) is 11.2. The van der Waals surface area contributed by atoms with Gasteiger partial charge in [-0.05, 0) is 29.6 Å². The molecule has 6 nitrogen and oxygen atoms in total. The van der Waals surface area contributed by atoms with Crippen LogP contribution in [0.4, 0.5) is 0 Å². The molecule has 1 aromatic heterocycles. The third kappa shape index (κ3) is 3.74. The third-order valence-electron chi connectivity index (χ3n) is 3.72. The van der Waals surface area contributed by atoms with Gasteiger partial charge in [0, 0.05) is 17.0 Å². The normalized spacial score (nSPS) is 17.5. The van der Waals surface area contributed by atoms with Crippen LogP contribution in [0, 0.1) is 0 Å². The van der Waals surface area contributed by atoms with Crippen molar-refractivity contribution in [3.8, 4) is 5.75 Å². The summed E-state index contributed by atoms with van der Waals surface area (Å²) in [6.07, 6.45) is 0. The summed E-state index contributed by atoms with van der Waals surface area (Å²) in [4.78, 5) is 26.4. The van der Waals surface area contributed by atoms with Crippen LogP contribution in [0.2, 0.25) is 0 Å². The molecule has 0 aliphatic carbocycles. The quantitative estimate of drug-likeness (QED) is 0.898. The molecule has 7 heteroatoms. The molecule has 1 amide bonds. The van der Waals surface area contributed by atoms with Crippen molar-refractivity contribution in [1.82, 2.24) is 4.90 Å². The highest BCUT2D eigenvalue weighted by molar-refractivity contribution is 7.09. The molecule has 0 radical (unpaired) electrons. The Bertz CT molecular complexity index is 716.